The lowest BCUT2D eigenvalue weighted by Crippen LogP contribution is -2.33. The third-order valence-corrected chi connectivity index (χ3v) is 4.00. The molecule has 2 atom stereocenters. The highest BCUT2D eigenvalue weighted by atomic mass is 35.5. The van der Waals surface area contributed by atoms with Gasteiger partial charge in [0, 0.05) is 18.2 Å². The summed E-state index contributed by atoms with van der Waals surface area (Å²) in [5.74, 6) is -1.30. The van der Waals surface area contributed by atoms with E-state index in [0.29, 0.717) is 6.04 Å². The van der Waals surface area contributed by atoms with Crippen LogP contribution in [0, 0.1) is 11.6 Å². The molecule has 1 saturated heterocycles. The summed E-state index contributed by atoms with van der Waals surface area (Å²) in [7, 11) is 0. The van der Waals surface area contributed by atoms with Crippen LogP contribution in [0.15, 0.2) is 12.1 Å². The lowest BCUT2D eigenvalue weighted by Gasteiger charge is -2.23. The molecule has 2 N–H and O–H groups in total. The predicted octanol–water partition coefficient (Wildman–Crippen LogP) is 4.34. The molecular formula is C15H21ClF2N2. The summed E-state index contributed by atoms with van der Waals surface area (Å²) < 4.78 is 26.7. The molecule has 0 saturated carbocycles. The van der Waals surface area contributed by atoms with Gasteiger partial charge in [-0.15, -0.1) is 0 Å². The Morgan fingerprint density at radius 2 is 2.15 bits per heavy atom. The van der Waals surface area contributed by atoms with Crippen molar-refractivity contribution in [2.75, 3.05) is 11.9 Å². The number of nitrogens with one attached hydrogen (secondary N) is 2. The molecule has 1 aromatic rings. The molecule has 112 valence electrons. The van der Waals surface area contributed by atoms with E-state index in [9.17, 15) is 8.78 Å². The molecule has 0 radical (unpaired) electrons. The summed E-state index contributed by atoms with van der Waals surface area (Å²) in [5, 5.41) is 6.66. The fourth-order valence-electron chi connectivity index (χ4n) is 2.71. The van der Waals surface area contributed by atoms with E-state index >= 15 is 0 Å². The molecule has 5 heteroatoms. The molecule has 20 heavy (non-hydrogen) atoms. The largest absolute Gasteiger partial charge is 0.379 e. The van der Waals surface area contributed by atoms with Gasteiger partial charge in [0.25, 0.3) is 0 Å². The molecule has 2 rings (SSSR count). The molecular weight excluding hydrogens is 282 g/mol. The van der Waals surface area contributed by atoms with Crippen molar-refractivity contribution in [2.45, 2.75) is 51.1 Å². The van der Waals surface area contributed by atoms with Crippen LogP contribution >= 0.6 is 11.6 Å². The Morgan fingerprint density at radius 1 is 1.35 bits per heavy atom. The SMILES string of the molecule is CC(CC1CCCCCN1)Nc1c(F)cc(F)cc1Cl. The number of halogens is 3. The summed E-state index contributed by atoms with van der Waals surface area (Å²) in [5.41, 5.74) is 0.189. The minimum absolute atomic E-state index is 0.0723. The quantitative estimate of drug-likeness (QED) is 0.864. The van der Waals surface area contributed by atoms with E-state index in [2.05, 4.69) is 10.6 Å². The first-order valence-electron chi connectivity index (χ1n) is 7.20. The normalized spacial score (nSPS) is 21.3. The fraction of sp³-hybridized carbons (Fsp3) is 0.600. The van der Waals surface area contributed by atoms with Crippen LogP contribution in [0.4, 0.5) is 14.5 Å². The van der Waals surface area contributed by atoms with Gasteiger partial charge in [-0.1, -0.05) is 24.4 Å². The van der Waals surface area contributed by atoms with Crippen molar-refractivity contribution in [1.29, 1.82) is 0 Å². The van der Waals surface area contributed by atoms with Crippen LogP contribution in [0.3, 0.4) is 0 Å². The Balaban J connectivity index is 1.95. The van der Waals surface area contributed by atoms with Crippen molar-refractivity contribution in [3.63, 3.8) is 0 Å². The molecule has 1 aliphatic heterocycles. The smallest absolute Gasteiger partial charge is 0.150 e. The maximum Gasteiger partial charge on any atom is 0.150 e. The van der Waals surface area contributed by atoms with E-state index in [0.717, 1.165) is 31.5 Å². The van der Waals surface area contributed by atoms with Gasteiger partial charge in [0.15, 0.2) is 5.82 Å². The molecule has 1 fully saturated rings. The fourth-order valence-corrected chi connectivity index (χ4v) is 2.96. The van der Waals surface area contributed by atoms with Crippen LogP contribution in [-0.4, -0.2) is 18.6 Å². The van der Waals surface area contributed by atoms with Gasteiger partial charge in [0.05, 0.1) is 10.7 Å². The molecule has 0 amide bonds. The van der Waals surface area contributed by atoms with Crippen molar-refractivity contribution >= 4 is 17.3 Å². The summed E-state index contributed by atoms with van der Waals surface area (Å²) in [6.07, 6.45) is 5.76. The molecule has 1 aliphatic rings. The monoisotopic (exact) mass is 302 g/mol. The average Bonchev–Trinajstić information content (AvgIpc) is 2.62. The standard InChI is InChI=1S/C15H21ClF2N2/c1-10(7-12-5-3-2-4-6-19-12)20-15-13(16)8-11(17)9-14(15)18/h8-10,12,19-20H,2-7H2,1H3. The Bertz CT molecular complexity index is 422. The van der Waals surface area contributed by atoms with Crippen LogP contribution in [0.5, 0.6) is 0 Å². The summed E-state index contributed by atoms with van der Waals surface area (Å²) in [6.45, 7) is 3.04. The van der Waals surface area contributed by atoms with E-state index in [4.69, 9.17) is 11.6 Å². The van der Waals surface area contributed by atoms with Gasteiger partial charge in [-0.05, 0) is 38.8 Å². The second kappa shape index (κ2) is 7.23. The highest BCUT2D eigenvalue weighted by molar-refractivity contribution is 6.33. The van der Waals surface area contributed by atoms with Crippen LogP contribution < -0.4 is 10.6 Å². The number of hydrogen-bond donors (Lipinski definition) is 2. The van der Waals surface area contributed by atoms with Crippen LogP contribution in [0.2, 0.25) is 5.02 Å². The highest BCUT2D eigenvalue weighted by Crippen LogP contribution is 2.27. The van der Waals surface area contributed by atoms with E-state index in [1.807, 2.05) is 6.92 Å². The molecule has 2 nitrogen and oxygen atoms in total. The van der Waals surface area contributed by atoms with Gasteiger partial charge in [-0.3, -0.25) is 0 Å². The van der Waals surface area contributed by atoms with E-state index < -0.39 is 11.6 Å². The lowest BCUT2D eigenvalue weighted by atomic mass is 10.0. The Labute approximate surface area is 123 Å². The molecule has 0 spiro atoms. The first-order chi connectivity index (χ1) is 9.56. The molecule has 0 aromatic heterocycles. The Morgan fingerprint density at radius 3 is 2.90 bits per heavy atom. The molecule has 2 unspecified atom stereocenters. The number of hydrogen-bond acceptors (Lipinski definition) is 2. The van der Waals surface area contributed by atoms with Gasteiger partial charge in [0.1, 0.15) is 5.82 Å². The topological polar surface area (TPSA) is 24.1 Å². The van der Waals surface area contributed by atoms with Crippen molar-refractivity contribution in [3.05, 3.63) is 28.8 Å². The van der Waals surface area contributed by atoms with Gasteiger partial charge >= 0.3 is 0 Å². The number of anilines is 1. The third-order valence-electron chi connectivity index (χ3n) is 3.70. The van der Waals surface area contributed by atoms with Gasteiger partial charge < -0.3 is 10.6 Å². The van der Waals surface area contributed by atoms with Crippen molar-refractivity contribution in [2.24, 2.45) is 0 Å². The Kier molecular flexibility index (Phi) is 5.61. The zero-order valence-corrected chi connectivity index (χ0v) is 12.4. The number of benzene rings is 1. The van der Waals surface area contributed by atoms with Gasteiger partial charge in [-0.25, -0.2) is 8.78 Å². The summed E-state index contributed by atoms with van der Waals surface area (Å²) in [4.78, 5) is 0. The maximum atomic E-state index is 13.7. The van der Waals surface area contributed by atoms with E-state index in [1.165, 1.54) is 19.3 Å². The first-order valence-corrected chi connectivity index (χ1v) is 7.58. The third kappa shape index (κ3) is 4.32. The van der Waals surface area contributed by atoms with Crippen LogP contribution in [0.25, 0.3) is 0 Å². The minimum Gasteiger partial charge on any atom is -0.379 e. The second-order valence-electron chi connectivity index (χ2n) is 5.53. The van der Waals surface area contributed by atoms with Crippen molar-refractivity contribution < 1.29 is 8.78 Å². The first kappa shape index (κ1) is 15.5. The van der Waals surface area contributed by atoms with Crippen LogP contribution in [0.1, 0.15) is 39.0 Å². The summed E-state index contributed by atoms with van der Waals surface area (Å²) in [6, 6.07) is 2.50. The number of rotatable bonds is 4. The van der Waals surface area contributed by atoms with Gasteiger partial charge in [-0.2, -0.15) is 0 Å². The van der Waals surface area contributed by atoms with Gasteiger partial charge in [0.2, 0.25) is 0 Å². The minimum atomic E-state index is -0.656. The van der Waals surface area contributed by atoms with Crippen LogP contribution in [-0.2, 0) is 0 Å². The second-order valence-corrected chi connectivity index (χ2v) is 5.93. The Hall–Kier alpha value is -0.870. The van der Waals surface area contributed by atoms with E-state index in [1.54, 1.807) is 0 Å². The van der Waals surface area contributed by atoms with E-state index in [-0.39, 0.29) is 16.8 Å². The van der Waals surface area contributed by atoms with Crippen molar-refractivity contribution in [3.8, 4) is 0 Å². The molecule has 0 bridgehead atoms. The zero-order valence-electron chi connectivity index (χ0n) is 11.7. The average molecular weight is 303 g/mol. The predicted molar refractivity (Wildman–Crippen MR) is 79.3 cm³/mol. The molecule has 1 heterocycles. The lowest BCUT2D eigenvalue weighted by molar-refractivity contribution is 0.455. The summed E-state index contributed by atoms with van der Waals surface area (Å²) >= 11 is 5.89. The highest BCUT2D eigenvalue weighted by Gasteiger charge is 2.17. The zero-order chi connectivity index (χ0) is 14.5. The maximum absolute atomic E-state index is 13.7. The molecule has 0 aliphatic carbocycles. The molecule has 1 aromatic carbocycles. The van der Waals surface area contributed by atoms with Crippen molar-refractivity contribution in [1.82, 2.24) is 5.32 Å².